The van der Waals surface area contributed by atoms with Gasteiger partial charge in [-0.25, -0.2) is 0 Å². The number of fused-ring (bicyclic) bond motifs is 1. The zero-order chi connectivity index (χ0) is 16.9. The van der Waals surface area contributed by atoms with E-state index in [0.717, 1.165) is 5.57 Å². The smallest absolute Gasteiger partial charge is 0.0109 e. The van der Waals surface area contributed by atoms with Gasteiger partial charge in [-0.15, -0.1) is 0 Å². The van der Waals surface area contributed by atoms with Gasteiger partial charge in [-0.1, -0.05) is 97.1 Å². The molecule has 0 fully saturated rings. The summed E-state index contributed by atoms with van der Waals surface area (Å²) in [5.74, 6) is 0. The molecule has 0 aromatic heterocycles. The SMILES string of the molecule is C=C/C(=C\C=C(/C)c1ccc2cccccc1-2)c1ccc(C)cc1. The van der Waals surface area contributed by atoms with Crippen molar-refractivity contribution in [2.45, 2.75) is 13.8 Å². The molecule has 2 aliphatic rings. The summed E-state index contributed by atoms with van der Waals surface area (Å²) < 4.78 is 0. The van der Waals surface area contributed by atoms with Crippen LogP contribution in [0.4, 0.5) is 0 Å². The van der Waals surface area contributed by atoms with Crippen LogP contribution in [0.3, 0.4) is 0 Å². The predicted molar refractivity (Wildman–Crippen MR) is 106 cm³/mol. The van der Waals surface area contributed by atoms with Crippen LogP contribution in [0.15, 0.2) is 91.5 Å². The Morgan fingerprint density at radius 3 is 2.33 bits per heavy atom. The summed E-state index contributed by atoms with van der Waals surface area (Å²) in [7, 11) is 0. The van der Waals surface area contributed by atoms with E-state index in [1.807, 2.05) is 6.08 Å². The highest BCUT2D eigenvalue weighted by Gasteiger charge is 2.08. The highest BCUT2D eigenvalue weighted by atomic mass is 14.1. The molecular formula is C24H22. The van der Waals surface area contributed by atoms with E-state index in [1.54, 1.807) is 0 Å². The molecule has 0 radical (unpaired) electrons. The van der Waals surface area contributed by atoms with Gasteiger partial charge < -0.3 is 0 Å². The van der Waals surface area contributed by atoms with E-state index >= 15 is 0 Å². The first-order chi connectivity index (χ1) is 11.7. The predicted octanol–water partition coefficient (Wildman–Crippen LogP) is 6.77. The molecule has 0 unspecified atom stereocenters. The minimum Gasteiger partial charge on any atom is -0.0984 e. The van der Waals surface area contributed by atoms with Crippen molar-refractivity contribution < 1.29 is 0 Å². The third-order valence-corrected chi connectivity index (χ3v) is 4.33. The molecule has 0 atom stereocenters. The molecule has 0 bridgehead atoms. The van der Waals surface area contributed by atoms with Crippen molar-refractivity contribution in [1.82, 2.24) is 0 Å². The monoisotopic (exact) mass is 310 g/mol. The Morgan fingerprint density at radius 2 is 1.58 bits per heavy atom. The van der Waals surface area contributed by atoms with Crippen molar-refractivity contribution in [1.29, 1.82) is 0 Å². The third kappa shape index (κ3) is 3.38. The van der Waals surface area contributed by atoms with Gasteiger partial charge in [-0.3, -0.25) is 0 Å². The van der Waals surface area contributed by atoms with E-state index in [2.05, 4.69) is 99.3 Å². The van der Waals surface area contributed by atoms with Gasteiger partial charge in [0.05, 0.1) is 0 Å². The maximum absolute atomic E-state index is 3.96. The fourth-order valence-electron chi connectivity index (χ4n) is 2.89. The molecule has 0 saturated heterocycles. The standard InChI is InChI=1S/C24H22/c1-4-20(21-13-10-18(2)11-14-21)15-12-19(3)23-17-16-22-8-6-5-7-9-24(22)23/h4-17H,1H2,2-3H3/b19-12+,20-15+. The molecule has 0 saturated carbocycles. The number of aryl methyl sites for hydroxylation is 1. The second kappa shape index (κ2) is 7.14. The van der Waals surface area contributed by atoms with Crippen LogP contribution in [-0.4, -0.2) is 0 Å². The highest BCUT2D eigenvalue weighted by molar-refractivity contribution is 5.85. The summed E-state index contributed by atoms with van der Waals surface area (Å²) in [6.45, 7) is 8.22. The summed E-state index contributed by atoms with van der Waals surface area (Å²) in [6, 6.07) is 23.5. The second-order valence-corrected chi connectivity index (χ2v) is 6.07. The average molecular weight is 310 g/mol. The Kier molecular flexibility index (Phi) is 4.77. The second-order valence-electron chi connectivity index (χ2n) is 6.07. The van der Waals surface area contributed by atoms with Gasteiger partial charge >= 0.3 is 0 Å². The quantitative estimate of drug-likeness (QED) is 0.466. The van der Waals surface area contributed by atoms with Crippen LogP contribution in [0.25, 0.3) is 22.3 Å². The van der Waals surface area contributed by atoms with Crippen LogP contribution in [-0.2, 0) is 0 Å². The van der Waals surface area contributed by atoms with Gasteiger partial charge in [0.15, 0.2) is 0 Å². The van der Waals surface area contributed by atoms with Gasteiger partial charge in [0.25, 0.3) is 0 Å². The first-order valence-electron chi connectivity index (χ1n) is 8.25. The minimum atomic E-state index is 1.13. The van der Waals surface area contributed by atoms with E-state index in [0.29, 0.717) is 0 Å². The normalized spacial score (nSPS) is 12.4. The zero-order valence-corrected chi connectivity index (χ0v) is 14.3. The molecule has 2 aliphatic carbocycles. The molecule has 24 heavy (non-hydrogen) atoms. The van der Waals surface area contributed by atoms with Crippen molar-refractivity contribution in [3.8, 4) is 11.1 Å². The van der Waals surface area contributed by atoms with Crippen LogP contribution >= 0.6 is 0 Å². The Bertz CT molecular complexity index is 876. The number of hydrogen-bond donors (Lipinski definition) is 0. The summed E-state index contributed by atoms with van der Waals surface area (Å²) in [6.07, 6.45) is 6.24. The fourth-order valence-corrected chi connectivity index (χ4v) is 2.89. The first kappa shape index (κ1) is 16.0. The Morgan fingerprint density at radius 1 is 0.833 bits per heavy atom. The average Bonchev–Trinajstić information content (AvgIpc) is 2.85. The lowest BCUT2D eigenvalue weighted by atomic mass is 10.0. The van der Waals surface area contributed by atoms with E-state index in [1.165, 1.54) is 33.4 Å². The molecule has 0 spiro atoms. The van der Waals surface area contributed by atoms with Crippen LogP contribution in [0, 0.1) is 6.92 Å². The Labute approximate surface area is 144 Å². The topological polar surface area (TPSA) is 0 Å². The molecule has 0 nitrogen and oxygen atoms in total. The van der Waals surface area contributed by atoms with E-state index < -0.39 is 0 Å². The van der Waals surface area contributed by atoms with Gasteiger partial charge in [0, 0.05) is 0 Å². The molecule has 0 heteroatoms. The van der Waals surface area contributed by atoms with Gasteiger partial charge in [0.1, 0.15) is 0 Å². The van der Waals surface area contributed by atoms with E-state index in [4.69, 9.17) is 0 Å². The number of hydrogen-bond acceptors (Lipinski definition) is 0. The highest BCUT2D eigenvalue weighted by Crippen LogP contribution is 2.32. The number of benzene rings is 1. The number of rotatable bonds is 4. The summed E-state index contributed by atoms with van der Waals surface area (Å²) >= 11 is 0. The third-order valence-electron chi connectivity index (χ3n) is 4.33. The van der Waals surface area contributed by atoms with Crippen LogP contribution in [0.5, 0.6) is 0 Å². The molecule has 1 aromatic carbocycles. The van der Waals surface area contributed by atoms with Crippen LogP contribution in [0.1, 0.15) is 23.6 Å². The van der Waals surface area contributed by atoms with Gasteiger partial charge in [-0.05, 0) is 47.2 Å². The van der Waals surface area contributed by atoms with Crippen molar-refractivity contribution >= 4 is 11.1 Å². The van der Waals surface area contributed by atoms with E-state index in [9.17, 15) is 0 Å². The summed E-state index contributed by atoms with van der Waals surface area (Å²) in [5.41, 5.74) is 8.69. The molecule has 1 aromatic rings. The van der Waals surface area contributed by atoms with Crippen LogP contribution in [0.2, 0.25) is 0 Å². The largest absolute Gasteiger partial charge is 0.0984 e. The zero-order valence-electron chi connectivity index (χ0n) is 14.3. The summed E-state index contributed by atoms with van der Waals surface area (Å²) in [4.78, 5) is 0. The summed E-state index contributed by atoms with van der Waals surface area (Å²) in [5, 5.41) is 0. The lowest BCUT2D eigenvalue weighted by molar-refractivity contribution is 1.45. The Hall–Kier alpha value is -2.86. The van der Waals surface area contributed by atoms with Crippen molar-refractivity contribution in [3.63, 3.8) is 0 Å². The van der Waals surface area contributed by atoms with Crippen molar-refractivity contribution in [2.24, 2.45) is 0 Å². The van der Waals surface area contributed by atoms with E-state index in [-0.39, 0.29) is 0 Å². The molecule has 0 heterocycles. The molecule has 0 N–H and O–H groups in total. The molecule has 0 amide bonds. The molecule has 3 rings (SSSR count). The van der Waals surface area contributed by atoms with Gasteiger partial charge in [-0.2, -0.15) is 0 Å². The number of allylic oxidation sites excluding steroid dienone is 5. The van der Waals surface area contributed by atoms with Crippen molar-refractivity contribution in [3.05, 3.63) is 108 Å². The lowest BCUT2D eigenvalue weighted by Crippen LogP contribution is -1.82. The Balaban J connectivity index is 1.95. The molecule has 118 valence electrons. The molecule has 0 aliphatic heterocycles. The lowest BCUT2D eigenvalue weighted by Gasteiger charge is -2.04. The molecular weight excluding hydrogens is 288 g/mol. The van der Waals surface area contributed by atoms with Crippen LogP contribution < -0.4 is 0 Å². The van der Waals surface area contributed by atoms with Gasteiger partial charge in [0.2, 0.25) is 0 Å². The minimum absolute atomic E-state index is 1.13. The fraction of sp³-hybridized carbons (Fsp3) is 0.0833. The first-order valence-corrected chi connectivity index (χ1v) is 8.25. The maximum Gasteiger partial charge on any atom is -0.0109 e. The van der Waals surface area contributed by atoms with Crippen molar-refractivity contribution in [2.75, 3.05) is 0 Å². The maximum atomic E-state index is 3.96.